The Labute approximate surface area is 89.1 Å². The molecule has 1 nitrogen and oxygen atoms in total. The SMILES string of the molecule is C[C](CO)c1cc(Br)ccc1Br. The molecule has 0 aliphatic heterocycles. The van der Waals surface area contributed by atoms with Crippen molar-refractivity contribution >= 4 is 31.9 Å². The number of aliphatic hydroxyl groups excluding tert-OH is 1. The summed E-state index contributed by atoms with van der Waals surface area (Å²) in [5.74, 6) is 0.961. The summed E-state index contributed by atoms with van der Waals surface area (Å²) in [7, 11) is 0. The number of halogens is 2. The highest BCUT2D eigenvalue weighted by Gasteiger charge is 2.08. The summed E-state index contributed by atoms with van der Waals surface area (Å²) in [4.78, 5) is 0. The number of hydrogen-bond acceptors (Lipinski definition) is 1. The minimum absolute atomic E-state index is 0.0923. The zero-order chi connectivity index (χ0) is 9.14. The van der Waals surface area contributed by atoms with Crippen LogP contribution in [0, 0.1) is 5.92 Å². The van der Waals surface area contributed by atoms with E-state index in [0.717, 1.165) is 20.4 Å². The first-order valence-electron chi connectivity index (χ1n) is 3.54. The van der Waals surface area contributed by atoms with Crippen LogP contribution >= 0.6 is 31.9 Å². The van der Waals surface area contributed by atoms with Crippen molar-refractivity contribution in [1.82, 2.24) is 0 Å². The summed E-state index contributed by atoms with van der Waals surface area (Å²) in [5, 5.41) is 8.93. The molecule has 0 unspecified atom stereocenters. The van der Waals surface area contributed by atoms with Crippen LogP contribution in [0.25, 0.3) is 0 Å². The first-order chi connectivity index (χ1) is 5.65. The monoisotopic (exact) mass is 291 g/mol. The Morgan fingerprint density at radius 1 is 1.42 bits per heavy atom. The molecule has 0 aromatic heterocycles. The lowest BCUT2D eigenvalue weighted by atomic mass is 10.0. The molecular formula is C9H9Br2O. The third-order valence-electron chi connectivity index (χ3n) is 1.63. The summed E-state index contributed by atoms with van der Waals surface area (Å²) < 4.78 is 2.03. The third-order valence-corrected chi connectivity index (χ3v) is 2.81. The Balaban J connectivity index is 3.04. The van der Waals surface area contributed by atoms with Gasteiger partial charge in [0.2, 0.25) is 0 Å². The Hall–Kier alpha value is 0.140. The van der Waals surface area contributed by atoms with E-state index in [2.05, 4.69) is 31.9 Å². The van der Waals surface area contributed by atoms with Gasteiger partial charge in [-0.3, -0.25) is 0 Å². The van der Waals surface area contributed by atoms with Crippen molar-refractivity contribution in [3.63, 3.8) is 0 Å². The summed E-state index contributed by atoms with van der Waals surface area (Å²) in [6.07, 6.45) is 0. The number of aliphatic hydroxyl groups is 1. The second-order valence-corrected chi connectivity index (χ2v) is 4.33. The molecule has 1 aromatic carbocycles. The number of rotatable bonds is 2. The minimum Gasteiger partial charge on any atom is -0.395 e. The maximum Gasteiger partial charge on any atom is 0.0535 e. The van der Waals surface area contributed by atoms with Crippen molar-refractivity contribution in [2.75, 3.05) is 6.61 Å². The van der Waals surface area contributed by atoms with Crippen molar-refractivity contribution in [2.45, 2.75) is 6.92 Å². The van der Waals surface area contributed by atoms with Gasteiger partial charge in [0.25, 0.3) is 0 Å². The van der Waals surface area contributed by atoms with Crippen LogP contribution in [0.15, 0.2) is 27.1 Å². The predicted molar refractivity (Wildman–Crippen MR) is 56.9 cm³/mol. The van der Waals surface area contributed by atoms with Gasteiger partial charge in [-0.05, 0) is 23.8 Å². The van der Waals surface area contributed by atoms with Gasteiger partial charge in [-0.15, -0.1) is 0 Å². The minimum atomic E-state index is 0.0923. The molecule has 0 amide bonds. The fraction of sp³-hybridized carbons (Fsp3) is 0.222. The fourth-order valence-corrected chi connectivity index (χ4v) is 1.86. The average molecular weight is 293 g/mol. The molecule has 0 fully saturated rings. The van der Waals surface area contributed by atoms with Crippen LogP contribution in [0.1, 0.15) is 12.5 Å². The highest BCUT2D eigenvalue weighted by atomic mass is 79.9. The van der Waals surface area contributed by atoms with E-state index in [0.29, 0.717) is 0 Å². The maximum absolute atomic E-state index is 8.93. The normalized spacial score (nSPS) is 10.8. The van der Waals surface area contributed by atoms with Gasteiger partial charge in [0.1, 0.15) is 0 Å². The van der Waals surface area contributed by atoms with Crippen LogP contribution in [0.4, 0.5) is 0 Å². The Bertz CT molecular complexity index is 273. The van der Waals surface area contributed by atoms with Crippen LogP contribution in [0.3, 0.4) is 0 Å². The van der Waals surface area contributed by atoms with Gasteiger partial charge in [0, 0.05) is 14.9 Å². The Morgan fingerprint density at radius 2 is 2.08 bits per heavy atom. The van der Waals surface area contributed by atoms with E-state index in [4.69, 9.17) is 5.11 Å². The second-order valence-electron chi connectivity index (χ2n) is 2.56. The molecule has 12 heavy (non-hydrogen) atoms. The quantitative estimate of drug-likeness (QED) is 0.888. The molecule has 1 radical (unpaired) electrons. The molecule has 1 N–H and O–H groups in total. The van der Waals surface area contributed by atoms with Crippen LogP contribution in [-0.2, 0) is 0 Å². The van der Waals surface area contributed by atoms with Crippen LogP contribution in [-0.4, -0.2) is 11.7 Å². The van der Waals surface area contributed by atoms with Crippen molar-refractivity contribution in [1.29, 1.82) is 0 Å². The van der Waals surface area contributed by atoms with Gasteiger partial charge >= 0.3 is 0 Å². The predicted octanol–water partition coefficient (Wildman–Crippen LogP) is 3.15. The first-order valence-corrected chi connectivity index (χ1v) is 5.12. The molecule has 0 saturated carbocycles. The lowest BCUT2D eigenvalue weighted by Crippen LogP contribution is -2.00. The van der Waals surface area contributed by atoms with Gasteiger partial charge in [-0.25, -0.2) is 0 Å². The molecule has 0 spiro atoms. The molecule has 0 atom stereocenters. The first kappa shape index (κ1) is 10.2. The molecule has 3 heteroatoms. The molecule has 1 aromatic rings. The van der Waals surface area contributed by atoms with Crippen molar-refractivity contribution in [2.24, 2.45) is 0 Å². The summed E-state index contributed by atoms with van der Waals surface area (Å²) in [6, 6.07) is 5.90. The summed E-state index contributed by atoms with van der Waals surface area (Å²) in [5.41, 5.74) is 1.05. The second kappa shape index (κ2) is 4.40. The fourth-order valence-electron chi connectivity index (χ4n) is 0.910. The maximum atomic E-state index is 8.93. The lowest BCUT2D eigenvalue weighted by Gasteiger charge is -2.09. The van der Waals surface area contributed by atoms with Crippen molar-refractivity contribution < 1.29 is 5.11 Å². The summed E-state index contributed by atoms with van der Waals surface area (Å²) in [6.45, 7) is 2.00. The van der Waals surface area contributed by atoms with E-state index in [1.54, 1.807) is 0 Å². The van der Waals surface area contributed by atoms with Crippen molar-refractivity contribution in [3.8, 4) is 0 Å². The molecular weight excluding hydrogens is 284 g/mol. The molecule has 0 saturated heterocycles. The van der Waals surface area contributed by atoms with E-state index in [9.17, 15) is 0 Å². The number of benzene rings is 1. The van der Waals surface area contributed by atoms with E-state index in [1.807, 2.05) is 25.1 Å². The average Bonchev–Trinajstić information content (AvgIpc) is 2.08. The van der Waals surface area contributed by atoms with Gasteiger partial charge in [0.15, 0.2) is 0 Å². The largest absolute Gasteiger partial charge is 0.395 e. The smallest absolute Gasteiger partial charge is 0.0535 e. The van der Waals surface area contributed by atoms with E-state index in [1.165, 1.54) is 0 Å². The molecule has 65 valence electrons. The van der Waals surface area contributed by atoms with E-state index < -0.39 is 0 Å². The lowest BCUT2D eigenvalue weighted by molar-refractivity contribution is 0.315. The number of hydrogen-bond donors (Lipinski definition) is 1. The molecule has 0 aliphatic carbocycles. The van der Waals surface area contributed by atoms with Gasteiger partial charge in [0.05, 0.1) is 6.61 Å². The van der Waals surface area contributed by atoms with E-state index >= 15 is 0 Å². The zero-order valence-electron chi connectivity index (χ0n) is 6.64. The topological polar surface area (TPSA) is 20.2 Å². The summed E-state index contributed by atoms with van der Waals surface area (Å²) >= 11 is 6.80. The highest BCUT2D eigenvalue weighted by Crippen LogP contribution is 2.26. The van der Waals surface area contributed by atoms with Crippen LogP contribution in [0.2, 0.25) is 0 Å². The highest BCUT2D eigenvalue weighted by molar-refractivity contribution is 9.11. The van der Waals surface area contributed by atoms with Crippen molar-refractivity contribution in [3.05, 3.63) is 38.6 Å². The Morgan fingerprint density at radius 3 is 2.67 bits per heavy atom. The molecule has 0 aliphatic rings. The Kier molecular flexibility index (Phi) is 3.75. The molecule has 1 rings (SSSR count). The van der Waals surface area contributed by atoms with Crippen LogP contribution < -0.4 is 0 Å². The van der Waals surface area contributed by atoms with Gasteiger partial charge in [-0.2, -0.15) is 0 Å². The zero-order valence-corrected chi connectivity index (χ0v) is 9.81. The standard InChI is InChI=1S/C9H9Br2O/c1-6(5-12)8-4-7(10)2-3-9(8)11/h2-4,12H,5H2,1H3. The van der Waals surface area contributed by atoms with Gasteiger partial charge in [-0.1, -0.05) is 38.8 Å². The third kappa shape index (κ3) is 2.31. The molecule has 0 heterocycles. The van der Waals surface area contributed by atoms with E-state index in [-0.39, 0.29) is 6.61 Å². The van der Waals surface area contributed by atoms with Gasteiger partial charge < -0.3 is 5.11 Å². The molecule has 0 bridgehead atoms. The van der Waals surface area contributed by atoms with Crippen LogP contribution in [0.5, 0.6) is 0 Å².